The van der Waals surface area contributed by atoms with Crippen LogP contribution < -0.4 is 10.1 Å². The highest BCUT2D eigenvalue weighted by Gasteiger charge is 2.21. The summed E-state index contributed by atoms with van der Waals surface area (Å²) in [6.45, 7) is 2.72. The van der Waals surface area contributed by atoms with E-state index in [4.69, 9.17) is 16.3 Å². The Morgan fingerprint density at radius 3 is 2.62 bits per heavy atom. The number of H-pyrrole nitrogens is 1. The van der Waals surface area contributed by atoms with E-state index in [1.165, 1.54) is 13.2 Å². The molecule has 3 rings (SSSR count). The van der Waals surface area contributed by atoms with Gasteiger partial charge in [-0.25, -0.2) is 13.8 Å². The van der Waals surface area contributed by atoms with Crippen LogP contribution in [0.3, 0.4) is 0 Å². The van der Waals surface area contributed by atoms with Gasteiger partial charge in [0.15, 0.2) is 17.3 Å². The zero-order valence-electron chi connectivity index (χ0n) is 17.3. The molecular weight excluding hydrogens is 444 g/mol. The SMILES string of the molecule is CCCN(Cc1ccc(OC)nc1)C(=O)c1cc(NC(=O)c2cc(F)c(F)cc2Cl)[nH]n1. The van der Waals surface area contributed by atoms with Gasteiger partial charge < -0.3 is 15.0 Å². The summed E-state index contributed by atoms with van der Waals surface area (Å²) >= 11 is 5.82. The normalized spacial score (nSPS) is 10.7. The number of halogens is 3. The lowest BCUT2D eigenvalue weighted by molar-refractivity contribution is 0.0737. The van der Waals surface area contributed by atoms with Gasteiger partial charge in [0.05, 0.1) is 17.7 Å². The highest BCUT2D eigenvalue weighted by molar-refractivity contribution is 6.34. The first kappa shape index (κ1) is 23.1. The minimum Gasteiger partial charge on any atom is -0.481 e. The van der Waals surface area contributed by atoms with Gasteiger partial charge in [-0.15, -0.1) is 0 Å². The van der Waals surface area contributed by atoms with Crippen LogP contribution in [0.4, 0.5) is 14.6 Å². The lowest BCUT2D eigenvalue weighted by atomic mass is 10.2. The molecule has 168 valence electrons. The number of rotatable bonds is 8. The van der Waals surface area contributed by atoms with Crippen LogP contribution in [-0.4, -0.2) is 45.6 Å². The number of methoxy groups -OCH3 is 1. The number of benzene rings is 1. The first-order valence-corrected chi connectivity index (χ1v) is 9.99. The van der Waals surface area contributed by atoms with E-state index in [9.17, 15) is 18.4 Å². The number of carbonyl (C=O) groups excluding carboxylic acids is 2. The third-order valence-electron chi connectivity index (χ3n) is 4.46. The minimum absolute atomic E-state index is 0.0756. The Labute approximate surface area is 187 Å². The molecule has 0 bridgehead atoms. The Morgan fingerprint density at radius 2 is 1.97 bits per heavy atom. The lowest BCUT2D eigenvalue weighted by Crippen LogP contribution is -2.31. The fraction of sp³-hybridized carbons (Fsp3) is 0.238. The molecule has 0 fully saturated rings. The molecule has 11 heteroatoms. The first-order chi connectivity index (χ1) is 15.3. The van der Waals surface area contributed by atoms with Gasteiger partial charge in [0.1, 0.15) is 5.82 Å². The van der Waals surface area contributed by atoms with Crippen LogP contribution in [0.25, 0.3) is 0 Å². The van der Waals surface area contributed by atoms with Crippen LogP contribution in [-0.2, 0) is 6.54 Å². The molecule has 1 aromatic carbocycles. The molecular formula is C21H20ClF2N5O3. The van der Waals surface area contributed by atoms with Gasteiger partial charge in [-0.3, -0.25) is 14.7 Å². The van der Waals surface area contributed by atoms with Crippen LogP contribution in [0.15, 0.2) is 36.5 Å². The number of carbonyl (C=O) groups is 2. The fourth-order valence-electron chi connectivity index (χ4n) is 2.91. The quantitative estimate of drug-likeness (QED) is 0.491. The monoisotopic (exact) mass is 463 g/mol. The van der Waals surface area contributed by atoms with E-state index in [0.29, 0.717) is 31.1 Å². The van der Waals surface area contributed by atoms with E-state index >= 15 is 0 Å². The largest absolute Gasteiger partial charge is 0.481 e. The number of aromatic nitrogens is 3. The molecule has 32 heavy (non-hydrogen) atoms. The second-order valence-corrected chi connectivity index (χ2v) is 7.21. The third kappa shape index (κ3) is 5.38. The van der Waals surface area contributed by atoms with E-state index in [2.05, 4.69) is 20.5 Å². The van der Waals surface area contributed by atoms with E-state index in [1.54, 1.807) is 17.2 Å². The predicted octanol–water partition coefficient (Wildman–Crippen LogP) is 4.05. The van der Waals surface area contributed by atoms with Crippen molar-refractivity contribution in [3.05, 3.63) is 70.0 Å². The summed E-state index contributed by atoms with van der Waals surface area (Å²) in [6.07, 6.45) is 2.34. The van der Waals surface area contributed by atoms with Crippen molar-refractivity contribution < 1.29 is 23.1 Å². The van der Waals surface area contributed by atoms with Crippen LogP contribution in [0, 0.1) is 11.6 Å². The van der Waals surface area contributed by atoms with Crippen molar-refractivity contribution in [1.82, 2.24) is 20.1 Å². The number of pyridine rings is 1. The maximum Gasteiger partial charge on any atom is 0.274 e. The van der Waals surface area contributed by atoms with Crippen molar-refractivity contribution in [2.24, 2.45) is 0 Å². The maximum absolute atomic E-state index is 13.5. The molecule has 2 N–H and O–H groups in total. The van der Waals surface area contributed by atoms with Gasteiger partial charge in [-0.1, -0.05) is 24.6 Å². The van der Waals surface area contributed by atoms with Crippen LogP contribution in [0.2, 0.25) is 5.02 Å². The number of nitrogens with one attached hydrogen (secondary N) is 2. The number of nitrogens with zero attached hydrogens (tertiary/aromatic N) is 3. The van der Waals surface area contributed by atoms with Crippen LogP contribution in [0.1, 0.15) is 39.8 Å². The summed E-state index contributed by atoms with van der Waals surface area (Å²) in [5, 5.41) is 8.67. The molecule has 3 aromatic rings. The zero-order valence-corrected chi connectivity index (χ0v) is 18.0. The second-order valence-electron chi connectivity index (χ2n) is 6.80. The van der Waals surface area contributed by atoms with Gasteiger partial charge in [-0.2, -0.15) is 5.10 Å². The van der Waals surface area contributed by atoms with Crippen LogP contribution >= 0.6 is 11.6 Å². The molecule has 0 unspecified atom stereocenters. The minimum atomic E-state index is -1.21. The van der Waals surface area contributed by atoms with E-state index < -0.39 is 17.5 Å². The summed E-state index contributed by atoms with van der Waals surface area (Å²) in [4.78, 5) is 31.0. The Morgan fingerprint density at radius 1 is 1.22 bits per heavy atom. The number of ether oxygens (including phenoxy) is 1. The molecule has 0 aliphatic heterocycles. The smallest absolute Gasteiger partial charge is 0.274 e. The molecule has 8 nitrogen and oxygen atoms in total. The summed E-state index contributed by atoms with van der Waals surface area (Å²) in [5.41, 5.74) is 0.629. The molecule has 0 aliphatic rings. The summed E-state index contributed by atoms with van der Waals surface area (Å²) < 4.78 is 31.7. The number of hydrogen-bond acceptors (Lipinski definition) is 5. The molecule has 2 heterocycles. The molecule has 0 atom stereocenters. The molecule has 2 amide bonds. The third-order valence-corrected chi connectivity index (χ3v) is 4.77. The Bertz CT molecular complexity index is 1120. The van der Waals surface area contributed by atoms with Gasteiger partial charge in [0.2, 0.25) is 5.88 Å². The lowest BCUT2D eigenvalue weighted by Gasteiger charge is -2.21. The second kappa shape index (κ2) is 10.2. The highest BCUT2D eigenvalue weighted by Crippen LogP contribution is 2.21. The number of aromatic amines is 1. The Kier molecular flexibility index (Phi) is 7.37. The van der Waals surface area contributed by atoms with Crippen molar-refractivity contribution in [2.45, 2.75) is 19.9 Å². The van der Waals surface area contributed by atoms with Crippen molar-refractivity contribution >= 4 is 29.2 Å². The molecule has 0 aliphatic carbocycles. The molecule has 0 radical (unpaired) electrons. The van der Waals surface area contributed by atoms with Crippen molar-refractivity contribution in [2.75, 3.05) is 19.0 Å². The summed E-state index contributed by atoms with van der Waals surface area (Å²) in [7, 11) is 1.52. The summed E-state index contributed by atoms with van der Waals surface area (Å²) in [6, 6.07) is 6.27. The Balaban J connectivity index is 1.72. The van der Waals surface area contributed by atoms with Gasteiger partial charge in [0.25, 0.3) is 11.8 Å². The van der Waals surface area contributed by atoms with Gasteiger partial charge >= 0.3 is 0 Å². The molecule has 0 spiro atoms. The van der Waals surface area contributed by atoms with Crippen molar-refractivity contribution in [3.63, 3.8) is 0 Å². The van der Waals surface area contributed by atoms with Gasteiger partial charge in [0, 0.05) is 31.4 Å². The first-order valence-electron chi connectivity index (χ1n) is 9.61. The maximum atomic E-state index is 13.5. The van der Waals surface area contributed by atoms with E-state index in [1.807, 2.05) is 13.0 Å². The molecule has 0 saturated carbocycles. The predicted molar refractivity (Wildman–Crippen MR) is 114 cm³/mol. The van der Waals surface area contributed by atoms with Crippen molar-refractivity contribution in [1.29, 1.82) is 0 Å². The van der Waals surface area contributed by atoms with E-state index in [0.717, 1.165) is 12.0 Å². The van der Waals surface area contributed by atoms with Crippen molar-refractivity contribution in [3.8, 4) is 5.88 Å². The van der Waals surface area contributed by atoms with Crippen LogP contribution in [0.5, 0.6) is 5.88 Å². The fourth-order valence-corrected chi connectivity index (χ4v) is 3.15. The number of amides is 2. The van der Waals surface area contributed by atoms with Gasteiger partial charge in [-0.05, 0) is 24.1 Å². The number of anilines is 1. The Hall–Kier alpha value is -3.53. The topological polar surface area (TPSA) is 100 Å². The molecule has 0 saturated heterocycles. The standard InChI is InChI=1S/C21H20ClF2N5O3/c1-3-6-29(11-12-4-5-19(32-2)25-10-12)21(31)17-9-18(28-27-17)26-20(30)13-7-15(23)16(24)8-14(13)22/h4-5,7-10H,3,6,11H2,1-2H3,(H2,26,27,28,30). The average molecular weight is 464 g/mol. The van der Waals surface area contributed by atoms with E-state index in [-0.39, 0.29) is 28.0 Å². The average Bonchev–Trinajstić information content (AvgIpc) is 3.24. The zero-order chi connectivity index (χ0) is 23.3. The summed E-state index contributed by atoms with van der Waals surface area (Å²) in [5.74, 6) is -2.94. The highest BCUT2D eigenvalue weighted by atomic mass is 35.5. The molecule has 2 aromatic heterocycles. The number of hydrogen-bond donors (Lipinski definition) is 2.